The monoisotopic (exact) mass is 338 g/mol. The number of hydrogen-bond acceptors (Lipinski definition) is 2. The van der Waals surface area contributed by atoms with E-state index < -0.39 is 0 Å². The van der Waals surface area contributed by atoms with Crippen molar-refractivity contribution in [2.45, 2.75) is 59.3 Å². The van der Waals surface area contributed by atoms with E-state index in [4.69, 9.17) is 4.74 Å². The topological polar surface area (TPSA) is 26.3 Å². The molecule has 134 valence electrons. The maximum atomic E-state index is 12.1. The van der Waals surface area contributed by atoms with E-state index in [1.165, 1.54) is 31.2 Å². The van der Waals surface area contributed by atoms with Crippen molar-refractivity contribution in [3.8, 4) is 5.75 Å². The lowest BCUT2D eigenvalue weighted by Gasteiger charge is -2.26. The van der Waals surface area contributed by atoms with Gasteiger partial charge in [0.15, 0.2) is 0 Å². The van der Waals surface area contributed by atoms with Crippen molar-refractivity contribution in [1.82, 2.24) is 0 Å². The highest BCUT2D eigenvalue weighted by molar-refractivity contribution is 5.91. The quantitative estimate of drug-likeness (QED) is 0.469. The van der Waals surface area contributed by atoms with Crippen LogP contribution in [0.1, 0.15) is 73.9 Å². The molecule has 1 fully saturated rings. The number of carbonyl (C=O) groups is 1. The van der Waals surface area contributed by atoms with E-state index in [0.717, 1.165) is 11.5 Å². The van der Waals surface area contributed by atoms with E-state index in [0.29, 0.717) is 17.2 Å². The fourth-order valence-corrected chi connectivity index (χ4v) is 3.26. The van der Waals surface area contributed by atoms with Gasteiger partial charge in [0.25, 0.3) is 0 Å². The first-order valence-electron chi connectivity index (χ1n) is 9.50. The Kier molecular flexibility index (Phi) is 7.24. The van der Waals surface area contributed by atoms with Crippen molar-refractivity contribution in [3.05, 3.63) is 65.2 Å². The highest BCUT2D eigenvalue weighted by atomic mass is 16.5. The van der Waals surface area contributed by atoms with Crippen LogP contribution in [0.3, 0.4) is 0 Å². The van der Waals surface area contributed by atoms with E-state index in [9.17, 15) is 4.79 Å². The Balaban J connectivity index is 0.00000109. The average molecular weight is 338 g/mol. The number of hydrogen-bond donors (Lipinski definition) is 0. The van der Waals surface area contributed by atoms with Crippen LogP contribution in [0.2, 0.25) is 0 Å². The molecule has 0 heterocycles. The highest BCUT2D eigenvalue weighted by Crippen LogP contribution is 2.35. The molecule has 2 nitrogen and oxygen atoms in total. The smallest absolute Gasteiger partial charge is 0.343 e. The fourth-order valence-electron chi connectivity index (χ4n) is 3.26. The summed E-state index contributed by atoms with van der Waals surface area (Å²) >= 11 is 0. The zero-order valence-electron chi connectivity index (χ0n) is 15.9. The van der Waals surface area contributed by atoms with Crippen LogP contribution in [0.15, 0.2) is 48.5 Å². The van der Waals surface area contributed by atoms with Crippen LogP contribution in [-0.4, -0.2) is 5.97 Å². The SMILES string of the molecule is CC.Cc1ccc(C(=O)Oc2ccc(C3CCC(C)CC3)cc2)cc1. The number of esters is 1. The summed E-state index contributed by atoms with van der Waals surface area (Å²) in [5.41, 5.74) is 3.08. The van der Waals surface area contributed by atoms with E-state index in [1.807, 2.05) is 45.0 Å². The van der Waals surface area contributed by atoms with Crippen LogP contribution in [0.25, 0.3) is 0 Å². The molecule has 0 amide bonds. The third-order valence-corrected chi connectivity index (χ3v) is 4.87. The van der Waals surface area contributed by atoms with Crippen LogP contribution in [0.5, 0.6) is 5.75 Å². The molecule has 1 aliphatic rings. The van der Waals surface area contributed by atoms with Gasteiger partial charge in [-0.1, -0.05) is 63.4 Å². The Hall–Kier alpha value is -2.09. The van der Waals surface area contributed by atoms with Crippen LogP contribution < -0.4 is 4.74 Å². The Morgan fingerprint density at radius 2 is 1.44 bits per heavy atom. The zero-order chi connectivity index (χ0) is 18.2. The molecule has 0 bridgehead atoms. The first-order chi connectivity index (χ1) is 12.1. The van der Waals surface area contributed by atoms with Gasteiger partial charge in [0.1, 0.15) is 5.75 Å². The van der Waals surface area contributed by atoms with Gasteiger partial charge in [-0.25, -0.2) is 4.79 Å². The van der Waals surface area contributed by atoms with Gasteiger partial charge in [-0.2, -0.15) is 0 Å². The predicted molar refractivity (Wildman–Crippen MR) is 104 cm³/mol. The Morgan fingerprint density at radius 1 is 0.880 bits per heavy atom. The summed E-state index contributed by atoms with van der Waals surface area (Å²) in [6.45, 7) is 8.34. The van der Waals surface area contributed by atoms with Crippen LogP contribution in [-0.2, 0) is 0 Å². The molecule has 0 aromatic heterocycles. The zero-order valence-corrected chi connectivity index (χ0v) is 15.9. The minimum absolute atomic E-state index is 0.302. The lowest BCUT2D eigenvalue weighted by Crippen LogP contribution is -2.11. The average Bonchev–Trinajstić information content (AvgIpc) is 2.65. The lowest BCUT2D eigenvalue weighted by atomic mass is 9.79. The molecule has 0 radical (unpaired) electrons. The Labute approximate surface area is 152 Å². The number of ether oxygens (including phenoxy) is 1. The highest BCUT2D eigenvalue weighted by Gasteiger charge is 2.19. The summed E-state index contributed by atoms with van der Waals surface area (Å²) in [7, 11) is 0. The molecule has 3 rings (SSSR count). The molecule has 0 saturated heterocycles. The molecular weight excluding hydrogens is 308 g/mol. The van der Waals surface area contributed by atoms with Gasteiger partial charge in [-0.05, 0) is 61.4 Å². The third kappa shape index (κ3) is 5.45. The fraction of sp³-hybridized carbons (Fsp3) is 0.435. The van der Waals surface area contributed by atoms with Gasteiger partial charge in [-0.3, -0.25) is 0 Å². The van der Waals surface area contributed by atoms with Gasteiger partial charge >= 0.3 is 5.97 Å². The van der Waals surface area contributed by atoms with Crippen LogP contribution in [0.4, 0.5) is 0 Å². The molecule has 25 heavy (non-hydrogen) atoms. The molecule has 0 spiro atoms. The number of aryl methyl sites for hydroxylation is 1. The van der Waals surface area contributed by atoms with Crippen molar-refractivity contribution in [2.75, 3.05) is 0 Å². The predicted octanol–water partition coefficient (Wildman–Crippen LogP) is 6.53. The second-order valence-electron chi connectivity index (χ2n) is 6.78. The van der Waals surface area contributed by atoms with Crippen molar-refractivity contribution in [3.63, 3.8) is 0 Å². The summed E-state index contributed by atoms with van der Waals surface area (Å²) in [5, 5.41) is 0. The van der Waals surface area contributed by atoms with Gasteiger partial charge in [0, 0.05) is 0 Å². The molecule has 2 aromatic carbocycles. The standard InChI is InChI=1S/C21H24O2.C2H6/c1-15-3-7-17(8-4-15)18-11-13-20(14-12-18)23-21(22)19-9-5-16(2)6-10-19;1-2/h5-6,9-15,17H,3-4,7-8H2,1-2H3;1-2H3. The Morgan fingerprint density at radius 3 is 2.00 bits per heavy atom. The molecule has 0 unspecified atom stereocenters. The first kappa shape index (κ1) is 19.2. The van der Waals surface area contributed by atoms with E-state index in [2.05, 4.69) is 19.1 Å². The minimum Gasteiger partial charge on any atom is -0.423 e. The molecule has 0 aliphatic heterocycles. The second kappa shape index (κ2) is 9.41. The van der Waals surface area contributed by atoms with Crippen molar-refractivity contribution >= 4 is 5.97 Å². The van der Waals surface area contributed by atoms with Gasteiger partial charge in [0.05, 0.1) is 5.56 Å². The van der Waals surface area contributed by atoms with Gasteiger partial charge in [-0.15, -0.1) is 0 Å². The summed E-state index contributed by atoms with van der Waals surface area (Å²) in [6, 6.07) is 15.5. The van der Waals surface area contributed by atoms with Gasteiger partial charge in [0.2, 0.25) is 0 Å². The van der Waals surface area contributed by atoms with E-state index >= 15 is 0 Å². The minimum atomic E-state index is -0.302. The molecule has 0 N–H and O–H groups in total. The summed E-state index contributed by atoms with van der Waals surface area (Å²) in [6.07, 6.45) is 5.16. The maximum absolute atomic E-state index is 12.1. The summed E-state index contributed by atoms with van der Waals surface area (Å²) < 4.78 is 5.46. The molecule has 2 heteroatoms. The normalized spacial score (nSPS) is 19.5. The number of carbonyl (C=O) groups excluding carboxylic acids is 1. The van der Waals surface area contributed by atoms with Crippen LogP contribution >= 0.6 is 0 Å². The first-order valence-corrected chi connectivity index (χ1v) is 9.50. The molecule has 1 aliphatic carbocycles. The van der Waals surface area contributed by atoms with Gasteiger partial charge < -0.3 is 4.74 Å². The molecule has 2 aromatic rings. The van der Waals surface area contributed by atoms with Crippen LogP contribution in [0, 0.1) is 12.8 Å². The molecule has 0 atom stereocenters. The lowest BCUT2D eigenvalue weighted by molar-refractivity contribution is 0.0734. The second-order valence-corrected chi connectivity index (χ2v) is 6.78. The molecular formula is C23H30O2. The van der Waals surface area contributed by atoms with E-state index in [1.54, 1.807) is 12.1 Å². The maximum Gasteiger partial charge on any atom is 0.343 e. The van der Waals surface area contributed by atoms with Crippen molar-refractivity contribution in [2.24, 2.45) is 5.92 Å². The molecule has 1 saturated carbocycles. The summed E-state index contributed by atoms with van der Waals surface area (Å²) in [4.78, 5) is 12.1. The van der Waals surface area contributed by atoms with Crippen molar-refractivity contribution < 1.29 is 9.53 Å². The third-order valence-electron chi connectivity index (χ3n) is 4.87. The van der Waals surface area contributed by atoms with Crippen molar-refractivity contribution in [1.29, 1.82) is 0 Å². The van der Waals surface area contributed by atoms with E-state index in [-0.39, 0.29) is 5.97 Å². The summed E-state index contributed by atoms with van der Waals surface area (Å²) in [5.74, 6) is 1.83. The number of rotatable bonds is 3. The Bertz CT molecular complexity index is 647. The largest absolute Gasteiger partial charge is 0.423 e. The number of benzene rings is 2.